The summed E-state index contributed by atoms with van der Waals surface area (Å²) < 4.78 is 5.19. The predicted molar refractivity (Wildman–Crippen MR) is 116 cm³/mol. The van der Waals surface area contributed by atoms with Crippen molar-refractivity contribution in [1.82, 2.24) is 4.90 Å². The Balaban J connectivity index is 1.57. The molecule has 2 aromatic carbocycles. The van der Waals surface area contributed by atoms with Crippen molar-refractivity contribution in [2.75, 3.05) is 24.3 Å². The van der Waals surface area contributed by atoms with Crippen LogP contribution in [0.3, 0.4) is 0 Å². The lowest BCUT2D eigenvalue weighted by Gasteiger charge is -2.36. The maximum atomic E-state index is 13.5. The van der Waals surface area contributed by atoms with Crippen molar-refractivity contribution in [2.24, 2.45) is 5.92 Å². The van der Waals surface area contributed by atoms with Gasteiger partial charge in [-0.05, 0) is 68.6 Å². The number of ether oxygens (including phenoxy) is 1. The third-order valence-electron chi connectivity index (χ3n) is 6.75. The monoisotopic (exact) mass is 425 g/mol. The van der Waals surface area contributed by atoms with Crippen molar-refractivity contribution >= 4 is 34.8 Å². The van der Waals surface area contributed by atoms with Crippen LogP contribution in [0.5, 0.6) is 5.75 Å². The molecule has 30 heavy (non-hydrogen) atoms. The maximum Gasteiger partial charge on any atom is 0.250 e. The summed E-state index contributed by atoms with van der Waals surface area (Å²) in [7, 11) is 1.60. The van der Waals surface area contributed by atoms with Crippen molar-refractivity contribution in [3.05, 3.63) is 52.5 Å². The molecule has 2 aromatic rings. The number of nitrogens with zero attached hydrogens (tertiary/aromatic N) is 1. The Labute approximate surface area is 180 Å². The first-order valence-corrected chi connectivity index (χ1v) is 10.7. The Bertz CT molecular complexity index is 1040. The first-order chi connectivity index (χ1) is 14.4. The van der Waals surface area contributed by atoms with Crippen molar-refractivity contribution in [3.63, 3.8) is 0 Å². The van der Waals surface area contributed by atoms with E-state index in [2.05, 4.69) is 15.5 Å². The van der Waals surface area contributed by atoms with Gasteiger partial charge in [-0.25, -0.2) is 0 Å². The van der Waals surface area contributed by atoms with Gasteiger partial charge in [0.25, 0.3) is 0 Å². The minimum Gasteiger partial charge on any atom is -0.497 e. The zero-order valence-corrected chi connectivity index (χ0v) is 17.8. The van der Waals surface area contributed by atoms with Crippen LogP contribution in [0.1, 0.15) is 30.4 Å². The van der Waals surface area contributed by atoms with Crippen molar-refractivity contribution in [3.8, 4) is 5.75 Å². The van der Waals surface area contributed by atoms with Crippen LogP contribution in [-0.4, -0.2) is 36.4 Å². The molecule has 3 atom stereocenters. The van der Waals surface area contributed by atoms with Gasteiger partial charge in [-0.3, -0.25) is 14.5 Å². The summed E-state index contributed by atoms with van der Waals surface area (Å²) in [6.45, 7) is 2.76. The van der Waals surface area contributed by atoms with Crippen LogP contribution in [-0.2, 0) is 15.1 Å². The van der Waals surface area contributed by atoms with E-state index in [0.29, 0.717) is 22.8 Å². The predicted octanol–water partition coefficient (Wildman–Crippen LogP) is 3.93. The molecule has 3 heterocycles. The van der Waals surface area contributed by atoms with Crippen molar-refractivity contribution in [1.29, 1.82) is 0 Å². The molecule has 156 valence electrons. The second-order valence-corrected chi connectivity index (χ2v) is 8.79. The van der Waals surface area contributed by atoms with E-state index in [-0.39, 0.29) is 17.9 Å². The topological polar surface area (TPSA) is 70.7 Å². The molecule has 0 aliphatic carbocycles. The van der Waals surface area contributed by atoms with E-state index in [4.69, 9.17) is 16.3 Å². The lowest BCUT2D eigenvalue weighted by Crippen LogP contribution is -2.53. The molecule has 7 heteroatoms. The third-order valence-corrected chi connectivity index (χ3v) is 7.04. The van der Waals surface area contributed by atoms with Crippen LogP contribution in [0.2, 0.25) is 5.02 Å². The largest absolute Gasteiger partial charge is 0.497 e. The number of fused-ring (bicyclic) bond motifs is 4. The van der Waals surface area contributed by atoms with E-state index in [0.717, 1.165) is 36.3 Å². The van der Waals surface area contributed by atoms with Gasteiger partial charge in [0.2, 0.25) is 11.8 Å². The fourth-order valence-corrected chi connectivity index (χ4v) is 5.84. The molecule has 0 bridgehead atoms. The number of benzene rings is 2. The number of nitrogens with one attached hydrogen (secondary N) is 2. The standard InChI is InChI=1S/C23H24ClN3O3/c1-13-10-17-20(19(24)11-13)26-22(29)23(17)18(12-15-4-3-9-27(15)23)21(28)25-14-5-7-16(30-2)8-6-14/h5-8,10-11,15,18H,3-4,9,12H2,1-2H3,(H,25,28)(H,26,29)/t15-,18-,23+/m0/s1. The van der Waals surface area contributed by atoms with Crippen LogP contribution >= 0.6 is 11.6 Å². The highest BCUT2D eigenvalue weighted by molar-refractivity contribution is 6.35. The number of hydrogen-bond acceptors (Lipinski definition) is 4. The Hall–Kier alpha value is -2.57. The molecule has 2 amide bonds. The van der Waals surface area contributed by atoms with E-state index in [9.17, 15) is 9.59 Å². The number of methoxy groups -OCH3 is 1. The fourth-order valence-electron chi connectivity index (χ4n) is 5.52. The highest BCUT2D eigenvalue weighted by Crippen LogP contribution is 2.56. The number of amides is 2. The molecule has 2 fully saturated rings. The van der Waals surface area contributed by atoms with Gasteiger partial charge in [0.05, 0.1) is 23.7 Å². The number of aryl methyl sites for hydroxylation is 1. The van der Waals surface area contributed by atoms with Crippen LogP contribution in [0.4, 0.5) is 11.4 Å². The number of carbonyl (C=O) groups excluding carboxylic acids is 2. The molecule has 2 N–H and O–H groups in total. The average Bonchev–Trinajstić information content (AvgIpc) is 3.38. The molecule has 0 aromatic heterocycles. The Morgan fingerprint density at radius 1 is 1.30 bits per heavy atom. The van der Waals surface area contributed by atoms with Gasteiger partial charge in [0.15, 0.2) is 0 Å². The smallest absolute Gasteiger partial charge is 0.250 e. The van der Waals surface area contributed by atoms with Crippen molar-refractivity contribution in [2.45, 2.75) is 37.8 Å². The summed E-state index contributed by atoms with van der Waals surface area (Å²) in [4.78, 5) is 29.2. The van der Waals surface area contributed by atoms with Crippen LogP contribution in [0.25, 0.3) is 0 Å². The maximum absolute atomic E-state index is 13.5. The molecular weight excluding hydrogens is 402 g/mol. The summed E-state index contributed by atoms with van der Waals surface area (Å²) in [5.41, 5.74) is 2.12. The summed E-state index contributed by atoms with van der Waals surface area (Å²) in [6, 6.07) is 11.3. The minimum atomic E-state index is -1.01. The van der Waals surface area contributed by atoms with E-state index in [1.54, 1.807) is 19.2 Å². The molecule has 0 saturated carbocycles. The van der Waals surface area contributed by atoms with Gasteiger partial charge < -0.3 is 15.4 Å². The fraction of sp³-hybridized carbons (Fsp3) is 0.391. The first kappa shape index (κ1) is 19.4. The number of anilines is 2. The van der Waals surface area contributed by atoms with E-state index < -0.39 is 11.5 Å². The van der Waals surface area contributed by atoms with E-state index in [1.165, 1.54) is 0 Å². The summed E-state index contributed by atoms with van der Waals surface area (Å²) >= 11 is 6.48. The second kappa shape index (κ2) is 7.00. The van der Waals surface area contributed by atoms with Crippen LogP contribution in [0, 0.1) is 12.8 Å². The Kier molecular flexibility index (Phi) is 4.52. The molecule has 3 aliphatic heterocycles. The van der Waals surface area contributed by atoms with E-state index >= 15 is 0 Å². The van der Waals surface area contributed by atoms with Gasteiger partial charge in [-0.1, -0.05) is 17.7 Å². The Morgan fingerprint density at radius 3 is 2.80 bits per heavy atom. The number of carbonyl (C=O) groups is 2. The molecular formula is C23H24ClN3O3. The molecule has 5 rings (SSSR count). The molecule has 0 radical (unpaired) electrons. The first-order valence-electron chi connectivity index (χ1n) is 10.3. The average molecular weight is 426 g/mol. The number of hydrogen-bond donors (Lipinski definition) is 2. The SMILES string of the molecule is COc1ccc(NC(=O)[C@@H]2C[C@@H]3CCCN3[C@@]23C(=O)Nc2c(Cl)cc(C)cc23)cc1. The summed E-state index contributed by atoms with van der Waals surface area (Å²) in [5, 5.41) is 6.54. The normalized spacial score (nSPS) is 27.1. The highest BCUT2D eigenvalue weighted by Gasteiger charge is 2.65. The van der Waals surface area contributed by atoms with Gasteiger partial charge in [-0.15, -0.1) is 0 Å². The van der Waals surface area contributed by atoms with Gasteiger partial charge >= 0.3 is 0 Å². The third kappa shape index (κ3) is 2.67. The lowest BCUT2D eigenvalue weighted by atomic mass is 9.78. The lowest BCUT2D eigenvalue weighted by molar-refractivity contribution is -0.135. The molecule has 0 unspecified atom stereocenters. The second-order valence-electron chi connectivity index (χ2n) is 8.39. The van der Waals surface area contributed by atoms with Crippen molar-refractivity contribution < 1.29 is 14.3 Å². The van der Waals surface area contributed by atoms with Crippen LogP contribution in [0.15, 0.2) is 36.4 Å². The van der Waals surface area contributed by atoms with Crippen LogP contribution < -0.4 is 15.4 Å². The summed E-state index contributed by atoms with van der Waals surface area (Å²) in [5.74, 6) is -0.0660. The number of rotatable bonds is 3. The molecule has 6 nitrogen and oxygen atoms in total. The molecule has 1 spiro atoms. The molecule has 3 aliphatic rings. The van der Waals surface area contributed by atoms with E-state index in [1.807, 2.05) is 31.2 Å². The zero-order valence-electron chi connectivity index (χ0n) is 17.0. The molecule has 2 saturated heterocycles. The van der Waals surface area contributed by atoms with Gasteiger partial charge in [0.1, 0.15) is 11.3 Å². The Morgan fingerprint density at radius 2 is 2.07 bits per heavy atom. The highest BCUT2D eigenvalue weighted by atomic mass is 35.5. The number of halogens is 1. The van der Waals surface area contributed by atoms with Gasteiger partial charge in [-0.2, -0.15) is 0 Å². The van der Waals surface area contributed by atoms with Gasteiger partial charge in [0, 0.05) is 17.3 Å². The summed E-state index contributed by atoms with van der Waals surface area (Å²) in [6.07, 6.45) is 2.68. The zero-order chi connectivity index (χ0) is 21.0. The minimum absolute atomic E-state index is 0.143. The quantitative estimate of drug-likeness (QED) is 0.781.